The number of anilines is 1. The fraction of sp³-hybridized carbons (Fsp3) is 0.467. The molecule has 0 bridgehead atoms. The van der Waals surface area contributed by atoms with Crippen molar-refractivity contribution >= 4 is 29.1 Å². The summed E-state index contributed by atoms with van der Waals surface area (Å²) in [5.74, 6) is 0.320. The van der Waals surface area contributed by atoms with E-state index >= 15 is 0 Å². The van der Waals surface area contributed by atoms with Crippen molar-refractivity contribution in [1.29, 1.82) is 0 Å². The van der Waals surface area contributed by atoms with Crippen LogP contribution in [0.25, 0.3) is 0 Å². The van der Waals surface area contributed by atoms with Crippen molar-refractivity contribution in [1.82, 2.24) is 4.90 Å². The van der Waals surface area contributed by atoms with Crippen LogP contribution in [-0.4, -0.2) is 36.9 Å². The smallest absolute Gasteiger partial charge is 0.229 e. The van der Waals surface area contributed by atoms with Gasteiger partial charge in [-0.2, -0.15) is 0 Å². The Kier molecular flexibility index (Phi) is 5.07. The minimum Gasteiger partial charge on any atom is -0.495 e. The highest BCUT2D eigenvalue weighted by Crippen LogP contribution is 2.28. The maximum Gasteiger partial charge on any atom is 0.229 e. The number of nitrogens with one attached hydrogen (secondary N) is 1. The zero-order valence-corrected chi connectivity index (χ0v) is 12.9. The molecule has 2 rings (SSSR count). The van der Waals surface area contributed by atoms with Gasteiger partial charge in [0.05, 0.1) is 18.1 Å². The first-order valence-corrected chi connectivity index (χ1v) is 7.29. The molecule has 1 N–H and O–H groups in total. The summed E-state index contributed by atoms with van der Waals surface area (Å²) in [5, 5.41) is 3.29. The second kappa shape index (κ2) is 6.80. The van der Waals surface area contributed by atoms with Crippen LogP contribution >= 0.6 is 11.6 Å². The highest BCUT2D eigenvalue weighted by Gasteiger charge is 2.27. The van der Waals surface area contributed by atoms with Crippen LogP contribution in [0.1, 0.15) is 19.8 Å². The van der Waals surface area contributed by atoms with Crippen molar-refractivity contribution in [2.24, 2.45) is 5.92 Å². The van der Waals surface area contributed by atoms with E-state index in [9.17, 15) is 9.59 Å². The van der Waals surface area contributed by atoms with Gasteiger partial charge in [-0.3, -0.25) is 9.59 Å². The van der Waals surface area contributed by atoms with E-state index in [1.165, 1.54) is 14.0 Å². The van der Waals surface area contributed by atoms with E-state index in [0.717, 1.165) is 19.4 Å². The zero-order chi connectivity index (χ0) is 15.4. The number of carbonyl (C=O) groups excluding carboxylic acids is 2. The quantitative estimate of drug-likeness (QED) is 0.933. The Morgan fingerprint density at radius 2 is 2.19 bits per heavy atom. The standard InChI is InChI=1S/C15H19ClN2O3/c1-10(19)18-7-3-4-11(9-18)15(20)17-12-5-6-14(21-2)13(16)8-12/h5-6,8,11H,3-4,7,9H2,1-2H3,(H,17,20). The SMILES string of the molecule is COc1ccc(NC(=O)C2CCCN(C(C)=O)C2)cc1Cl. The van der Waals surface area contributed by atoms with E-state index in [-0.39, 0.29) is 17.7 Å². The number of benzene rings is 1. The van der Waals surface area contributed by atoms with Crippen LogP contribution in [0.4, 0.5) is 5.69 Å². The highest BCUT2D eigenvalue weighted by molar-refractivity contribution is 6.32. The van der Waals surface area contributed by atoms with Gasteiger partial charge in [-0.15, -0.1) is 0 Å². The predicted molar refractivity (Wildman–Crippen MR) is 81.6 cm³/mol. The lowest BCUT2D eigenvalue weighted by atomic mass is 9.97. The summed E-state index contributed by atoms with van der Waals surface area (Å²) < 4.78 is 5.07. The van der Waals surface area contributed by atoms with Gasteiger partial charge in [-0.05, 0) is 31.0 Å². The first-order chi connectivity index (χ1) is 10.0. The van der Waals surface area contributed by atoms with Crippen molar-refractivity contribution < 1.29 is 14.3 Å². The largest absolute Gasteiger partial charge is 0.495 e. The molecular formula is C15H19ClN2O3. The molecule has 1 aromatic carbocycles. The monoisotopic (exact) mass is 310 g/mol. The Balaban J connectivity index is 2.00. The number of amides is 2. The Morgan fingerprint density at radius 1 is 1.43 bits per heavy atom. The van der Waals surface area contributed by atoms with Gasteiger partial charge in [0, 0.05) is 25.7 Å². The number of likely N-dealkylation sites (tertiary alicyclic amines) is 1. The number of nitrogens with zero attached hydrogens (tertiary/aromatic N) is 1. The Morgan fingerprint density at radius 3 is 2.81 bits per heavy atom. The van der Waals surface area contributed by atoms with Crippen LogP contribution in [0.15, 0.2) is 18.2 Å². The number of carbonyl (C=O) groups is 2. The Labute approximate surface area is 129 Å². The van der Waals surface area contributed by atoms with E-state index in [2.05, 4.69) is 5.32 Å². The van der Waals surface area contributed by atoms with E-state index < -0.39 is 0 Å². The second-order valence-corrected chi connectivity index (χ2v) is 5.55. The maximum absolute atomic E-state index is 12.3. The van der Waals surface area contributed by atoms with Gasteiger partial charge in [-0.1, -0.05) is 11.6 Å². The molecule has 6 heteroatoms. The van der Waals surface area contributed by atoms with E-state index in [4.69, 9.17) is 16.3 Å². The van der Waals surface area contributed by atoms with Gasteiger partial charge >= 0.3 is 0 Å². The van der Waals surface area contributed by atoms with Crippen LogP contribution in [0, 0.1) is 5.92 Å². The topological polar surface area (TPSA) is 58.6 Å². The number of rotatable bonds is 3. The molecule has 0 aromatic heterocycles. The van der Waals surface area contributed by atoms with Crippen LogP contribution < -0.4 is 10.1 Å². The van der Waals surface area contributed by atoms with Crippen molar-refractivity contribution in [2.45, 2.75) is 19.8 Å². The Bertz CT molecular complexity index is 548. The van der Waals surface area contributed by atoms with Crippen molar-refractivity contribution in [2.75, 3.05) is 25.5 Å². The zero-order valence-electron chi connectivity index (χ0n) is 12.2. The van der Waals surface area contributed by atoms with Gasteiger partial charge in [0.1, 0.15) is 5.75 Å². The lowest BCUT2D eigenvalue weighted by Crippen LogP contribution is -2.42. The highest BCUT2D eigenvalue weighted by atomic mass is 35.5. The van der Waals surface area contributed by atoms with Gasteiger partial charge in [0.25, 0.3) is 0 Å². The lowest BCUT2D eigenvalue weighted by Gasteiger charge is -2.31. The molecule has 1 aliphatic heterocycles. The van der Waals surface area contributed by atoms with E-state index in [1.54, 1.807) is 23.1 Å². The van der Waals surface area contributed by atoms with E-state index in [1.807, 2.05) is 0 Å². The van der Waals surface area contributed by atoms with Crippen LogP contribution in [0.2, 0.25) is 5.02 Å². The second-order valence-electron chi connectivity index (χ2n) is 5.14. The number of halogens is 1. The number of hydrogen-bond acceptors (Lipinski definition) is 3. The molecule has 1 saturated heterocycles. The molecule has 0 aliphatic carbocycles. The normalized spacial score (nSPS) is 18.2. The maximum atomic E-state index is 12.3. The molecule has 1 aliphatic rings. The fourth-order valence-corrected chi connectivity index (χ4v) is 2.72. The molecular weight excluding hydrogens is 292 g/mol. The molecule has 1 heterocycles. The third kappa shape index (κ3) is 3.88. The summed E-state index contributed by atoms with van der Waals surface area (Å²) in [4.78, 5) is 25.4. The van der Waals surface area contributed by atoms with Gasteiger partial charge in [0.15, 0.2) is 0 Å². The molecule has 0 saturated carbocycles. The molecule has 21 heavy (non-hydrogen) atoms. The summed E-state index contributed by atoms with van der Waals surface area (Å²) in [7, 11) is 1.54. The summed E-state index contributed by atoms with van der Waals surface area (Å²) in [5.41, 5.74) is 0.630. The summed E-state index contributed by atoms with van der Waals surface area (Å²) >= 11 is 6.03. The molecule has 114 valence electrons. The third-order valence-electron chi connectivity index (χ3n) is 3.66. The molecule has 1 unspecified atom stereocenters. The van der Waals surface area contributed by atoms with Crippen molar-refractivity contribution in [3.63, 3.8) is 0 Å². The fourth-order valence-electron chi connectivity index (χ4n) is 2.47. The average Bonchev–Trinajstić information content (AvgIpc) is 2.47. The third-order valence-corrected chi connectivity index (χ3v) is 3.95. The number of hydrogen-bond donors (Lipinski definition) is 1. The van der Waals surface area contributed by atoms with Gasteiger partial charge in [-0.25, -0.2) is 0 Å². The Hall–Kier alpha value is -1.75. The molecule has 1 fully saturated rings. The first kappa shape index (κ1) is 15.6. The molecule has 0 radical (unpaired) electrons. The number of piperidine rings is 1. The summed E-state index contributed by atoms with van der Waals surface area (Å²) in [6.45, 7) is 2.74. The minimum atomic E-state index is -0.177. The van der Waals surface area contributed by atoms with Crippen LogP contribution in [0.3, 0.4) is 0 Å². The summed E-state index contributed by atoms with van der Waals surface area (Å²) in [6, 6.07) is 5.11. The van der Waals surface area contributed by atoms with Crippen molar-refractivity contribution in [3.8, 4) is 5.75 Å². The van der Waals surface area contributed by atoms with Crippen LogP contribution in [0.5, 0.6) is 5.75 Å². The number of ether oxygens (including phenoxy) is 1. The van der Waals surface area contributed by atoms with Gasteiger partial charge < -0.3 is 15.0 Å². The van der Waals surface area contributed by atoms with Crippen LogP contribution in [-0.2, 0) is 9.59 Å². The molecule has 2 amide bonds. The molecule has 1 aromatic rings. The average molecular weight is 311 g/mol. The first-order valence-electron chi connectivity index (χ1n) is 6.91. The molecule has 0 spiro atoms. The van der Waals surface area contributed by atoms with Gasteiger partial charge in [0.2, 0.25) is 11.8 Å². The van der Waals surface area contributed by atoms with E-state index in [0.29, 0.717) is 23.0 Å². The predicted octanol–water partition coefficient (Wildman–Crippen LogP) is 2.55. The summed E-state index contributed by atoms with van der Waals surface area (Å²) in [6.07, 6.45) is 1.64. The van der Waals surface area contributed by atoms with Crippen molar-refractivity contribution in [3.05, 3.63) is 23.2 Å². The molecule has 1 atom stereocenters. The molecule has 5 nitrogen and oxygen atoms in total. The lowest BCUT2D eigenvalue weighted by molar-refractivity contribution is -0.132. The number of methoxy groups -OCH3 is 1. The minimum absolute atomic E-state index is 0.0139.